The van der Waals surface area contributed by atoms with E-state index in [9.17, 15) is 9.59 Å². The maximum atomic E-state index is 13.8. The molecule has 2 aliphatic rings. The van der Waals surface area contributed by atoms with Gasteiger partial charge in [0.25, 0.3) is 0 Å². The number of halogens is 1. The maximum Gasteiger partial charge on any atom is 0.417 e. The normalized spacial score (nSPS) is 19.3. The molecule has 0 spiro atoms. The van der Waals surface area contributed by atoms with Gasteiger partial charge in [0.05, 0.1) is 6.61 Å². The van der Waals surface area contributed by atoms with E-state index in [0.717, 1.165) is 34.4 Å². The number of fused-ring (bicyclic) bond motifs is 1. The molecule has 3 heterocycles. The summed E-state index contributed by atoms with van der Waals surface area (Å²) in [6.07, 6.45) is 1.86. The van der Waals surface area contributed by atoms with Crippen LogP contribution in [0.3, 0.4) is 0 Å². The second kappa shape index (κ2) is 8.76. The number of amides is 2. The van der Waals surface area contributed by atoms with E-state index in [1.807, 2.05) is 68.4 Å². The van der Waals surface area contributed by atoms with E-state index in [0.29, 0.717) is 11.8 Å². The molecular formula is C27H25ClN2O4. The molecule has 0 saturated carbocycles. The summed E-state index contributed by atoms with van der Waals surface area (Å²) in [5.41, 5.74) is 2.72. The highest BCUT2D eigenvalue weighted by Crippen LogP contribution is 2.43. The van der Waals surface area contributed by atoms with Crippen molar-refractivity contribution in [1.82, 2.24) is 9.88 Å². The van der Waals surface area contributed by atoms with Crippen LogP contribution in [0.5, 0.6) is 5.75 Å². The van der Waals surface area contributed by atoms with E-state index >= 15 is 0 Å². The summed E-state index contributed by atoms with van der Waals surface area (Å²) in [6, 6.07) is 18.6. The molecule has 1 aromatic heterocycles. The molecule has 2 atom stereocenters. The van der Waals surface area contributed by atoms with Gasteiger partial charge in [0, 0.05) is 25.0 Å². The van der Waals surface area contributed by atoms with Crippen molar-refractivity contribution in [2.75, 3.05) is 6.61 Å². The summed E-state index contributed by atoms with van der Waals surface area (Å²) in [7, 11) is 0. The first-order valence-electron chi connectivity index (χ1n) is 11.3. The van der Waals surface area contributed by atoms with Crippen LogP contribution in [-0.2, 0) is 16.0 Å². The van der Waals surface area contributed by atoms with Gasteiger partial charge in [-0.05, 0) is 48.2 Å². The zero-order chi connectivity index (χ0) is 23.9. The first-order valence-corrected chi connectivity index (χ1v) is 11.7. The Morgan fingerprint density at radius 1 is 1.18 bits per heavy atom. The Morgan fingerprint density at radius 2 is 1.97 bits per heavy atom. The molecule has 3 aromatic rings. The van der Waals surface area contributed by atoms with Gasteiger partial charge in [0.1, 0.15) is 22.5 Å². The number of rotatable bonds is 5. The fourth-order valence-corrected chi connectivity index (χ4v) is 5.17. The minimum atomic E-state index is -0.864. The SMILES string of the molecule is CC1(C)OC(=O)N(C(=O)CC(c2ccc3c(c2)OCC3)c2cccnc2Cl)[C@@H]1c1ccccc1. The summed E-state index contributed by atoms with van der Waals surface area (Å²) in [5, 5.41) is 0.325. The van der Waals surface area contributed by atoms with Crippen LogP contribution in [-0.4, -0.2) is 34.1 Å². The number of cyclic esters (lactones) is 1. The van der Waals surface area contributed by atoms with Gasteiger partial charge in [-0.25, -0.2) is 14.7 Å². The monoisotopic (exact) mass is 476 g/mol. The highest BCUT2D eigenvalue weighted by atomic mass is 35.5. The largest absolute Gasteiger partial charge is 0.493 e. The first kappa shape index (κ1) is 22.4. The van der Waals surface area contributed by atoms with Gasteiger partial charge in [-0.1, -0.05) is 60.1 Å². The molecule has 7 heteroatoms. The van der Waals surface area contributed by atoms with Crippen LogP contribution >= 0.6 is 11.6 Å². The van der Waals surface area contributed by atoms with Crippen molar-refractivity contribution >= 4 is 23.6 Å². The second-order valence-electron chi connectivity index (χ2n) is 9.15. The number of nitrogens with zero attached hydrogens (tertiary/aromatic N) is 2. The molecule has 2 aliphatic heterocycles. The van der Waals surface area contributed by atoms with Crippen LogP contribution < -0.4 is 4.74 Å². The van der Waals surface area contributed by atoms with Crippen molar-refractivity contribution in [1.29, 1.82) is 0 Å². The van der Waals surface area contributed by atoms with Crippen LogP contribution in [0.2, 0.25) is 5.15 Å². The van der Waals surface area contributed by atoms with E-state index in [1.165, 1.54) is 4.90 Å². The molecule has 0 radical (unpaired) electrons. The third kappa shape index (κ3) is 4.03. The van der Waals surface area contributed by atoms with E-state index in [2.05, 4.69) is 4.98 Å². The molecule has 34 heavy (non-hydrogen) atoms. The molecule has 2 amide bonds. The van der Waals surface area contributed by atoms with E-state index < -0.39 is 23.7 Å². The van der Waals surface area contributed by atoms with Gasteiger partial charge >= 0.3 is 6.09 Å². The van der Waals surface area contributed by atoms with Gasteiger partial charge < -0.3 is 9.47 Å². The second-order valence-corrected chi connectivity index (χ2v) is 9.51. The van der Waals surface area contributed by atoms with Gasteiger partial charge in [-0.3, -0.25) is 4.79 Å². The van der Waals surface area contributed by atoms with Crippen molar-refractivity contribution in [2.45, 2.75) is 44.2 Å². The van der Waals surface area contributed by atoms with Crippen LogP contribution in [0.25, 0.3) is 0 Å². The quantitative estimate of drug-likeness (QED) is 0.442. The molecule has 1 unspecified atom stereocenters. The van der Waals surface area contributed by atoms with Crippen LogP contribution in [0.1, 0.15) is 54.5 Å². The molecule has 2 aromatic carbocycles. The maximum absolute atomic E-state index is 13.8. The Morgan fingerprint density at radius 3 is 2.74 bits per heavy atom. The zero-order valence-electron chi connectivity index (χ0n) is 19.0. The van der Waals surface area contributed by atoms with Gasteiger partial charge in [0.15, 0.2) is 0 Å². The Balaban J connectivity index is 1.53. The number of imide groups is 1. The predicted octanol–water partition coefficient (Wildman–Crippen LogP) is 5.69. The Bertz CT molecular complexity index is 1240. The summed E-state index contributed by atoms with van der Waals surface area (Å²) in [4.78, 5) is 32.1. The smallest absolute Gasteiger partial charge is 0.417 e. The van der Waals surface area contributed by atoms with Crippen LogP contribution in [0.15, 0.2) is 66.9 Å². The fourth-order valence-electron chi connectivity index (χ4n) is 4.92. The Labute approximate surface area is 203 Å². The lowest BCUT2D eigenvalue weighted by Gasteiger charge is -2.29. The molecule has 0 bridgehead atoms. The molecule has 6 nitrogen and oxygen atoms in total. The number of pyridine rings is 1. The van der Waals surface area contributed by atoms with Gasteiger partial charge in [-0.2, -0.15) is 0 Å². The number of benzene rings is 2. The third-order valence-corrected chi connectivity index (χ3v) is 6.83. The van der Waals surface area contributed by atoms with Crippen molar-refractivity contribution in [3.05, 3.63) is 94.3 Å². The third-order valence-electron chi connectivity index (χ3n) is 6.51. The molecular weight excluding hydrogens is 452 g/mol. The lowest BCUT2D eigenvalue weighted by atomic mass is 9.87. The summed E-state index contributed by atoms with van der Waals surface area (Å²) in [5.74, 6) is 0.0748. The molecule has 5 rings (SSSR count). The molecule has 0 N–H and O–H groups in total. The Kier molecular flexibility index (Phi) is 5.78. The van der Waals surface area contributed by atoms with E-state index in [-0.39, 0.29) is 12.3 Å². The average molecular weight is 477 g/mol. The van der Waals surface area contributed by atoms with Crippen molar-refractivity contribution in [3.8, 4) is 5.75 Å². The highest BCUT2D eigenvalue weighted by Gasteiger charge is 2.51. The molecule has 1 fully saturated rings. The first-order chi connectivity index (χ1) is 16.3. The van der Waals surface area contributed by atoms with Crippen molar-refractivity contribution in [3.63, 3.8) is 0 Å². The minimum absolute atomic E-state index is 0.0265. The number of carbonyl (C=O) groups excluding carboxylic acids is 2. The minimum Gasteiger partial charge on any atom is -0.493 e. The zero-order valence-corrected chi connectivity index (χ0v) is 19.8. The van der Waals surface area contributed by atoms with Gasteiger partial charge in [0.2, 0.25) is 5.91 Å². The van der Waals surface area contributed by atoms with Crippen LogP contribution in [0, 0.1) is 0 Å². The topological polar surface area (TPSA) is 68.7 Å². The summed E-state index contributed by atoms with van der Waals surface area (Å²) in [6.45, 7) is 4.29. The number of aromatic nitrogens is 1. The predicted molar refractivity (Wildman–Crippen MR) is 128 cm³/mol. The van der Waals surface area contributed by atoms with Crippen LogP contribution in [0.4, 0.5) is 4.79 Å². The van der Waals surface area contributed by atoms with Gasteiger partial charge in [-0.15, -0.1) is 0 Å². The standard InChI is InChI=1S/C27H25ClN2O4/c1-27(2)24(18-7-4-3-5-8-18)30(26(32)34-27)23(31)16-21(20-9-6-13-29-25(20)28)19-11-10-17-12-14-33-22(17)15-19/h3-11,13,15,21,24H,12,14,16H2,1-2H3/t21?,24-/m1/s1. The highest BCUT2D eigenvalue weighted by molar-refractivity contribution is 6.30. The van der Waals surface area contributed by atoms with E-state index in [4.69, 9.17) is 21.1 Å². The number of carbonyl (C=O) groups is 2. The summed E-state index contributed by atoms with van der Waals surface area (Å²) < 4.78 is 11.4. The molecule has 0 aliphatic carbocycles. The molecule has 1 saturated heterocycles. The lowest BCUT2D eigenvalue weighted by molar-refractivity contribution is -0.130. The summed E-state index contributed by atoms with van der Waals surface area (Å²) >= 11 is 6.47. The lowest BCUT2D eigenvalue weighted by Crippen LogP contribution is -2.38. The van der Waals surface area contributed by atoms with Crippen molar-refractivity contribution < 1.29 is 19.1 Å². The average Bonchev–Trinajstić information content (AvgIpc) is 3.38. The Hall–Kier alpha value is -3.38. The fraction of sp³-hybridized carbons (Fsp3) is 0.296. The number of ether oxygens (including phenoxy) is 2. The number of hydrogen-bond donors (Lipinski definition) is 0. The van der Waals surface area contributed by atoms with Crippen molar-refractivity contribution in [2.24, 2.45) is 0 Å². The number of hydrogen-bond acceptors (Lipinski definition) is 5. The molecule has 174 valence electrons. The van der Waals surface area contributed by atoms with E-state index in [1.54, 1.807) is 12.3 Å².